The van der Waals surface area contributed by atoms with Gasteiger partial charge >= 0.3 is 0 Å². The van der Waals surface area contributed by atoms with Crippen molar-refractivity contribution in [2.75, 3.05) is 12.1 Å². The molecule has 114 valence electrons. The monoisotopic (exact) mass is 334 g/mol. The third-order valence-corrected chi connectivity index (χ3v) is 3.82. The Morgan fingerprint density at radius 3 is 2.82 bits per heavy atom. The number of ether oxygens (including phenoxy) is 2. The van der Waals surface area contributed by atoms with Crippen molar-refractivity contribution in [1.29, 1.82) is 0 Å². The molecule has 2 aromatic carbocycles. The van der Waals surface area contributed by atoms with Crippen LogP contribution in [0.4, 0.5) is 5.69 Å². The third-order valence-electron chi connectivity index (χ3n) is 3.26. The maximum absolute atomic E-state index is 6.17. The molecule has 1 aliphatic rings. The fourth-order valence-corrected chi connectivity index (χ4v) is 2.59. The SMILES string of the molecule is Cc1ccc(NC(=S)NCc2ccc3c(c2)OCO3)c(Cl)c1. The van der Waals surface area contributed by atoms with Crippen LogP contribution < -0.4 is 20.1 Å². The van der Waals surface area contributed by atoms with Gasteiger partial charge < -0.3 is 20.1 Å². The van der Waals surface area contributed by atoms with E-state index in [-0.39, 0.29) is 6.79 Å². The molecule has 0 amide bonds. The van der Waals surface area contributed by atoms with Gasteiger partial charge in [-0.1, -0.05) is 23.7 Å². The molecule has 0 radical (unpaired) electrons. The number of hydrogen-bond donors (Lipinski definition) is 2. The van der Waals surface area contributed by atoms with Crippen molar-refractivity contribution in [2.24, 2.45) is 0 Å². The van der Waals surface area contributed by atoms with E-state index in [9.17, 15) is 0 Å². The lowest BCUT2D eigenvalue weighted by Crippen LogP contribution is -2.28. The van der Waals surface area contributed by atoms with Gasteiger partial charge in [0, 0.05) is 6.54 Å². The molecule has 1 heterocycles. The van der Waals surface area contributed by atoms with Gasteiger partial charge in [-0.25, -0.2) is 0 Å². The maximum Gasteiger partial charge on any atom is 0.231 e. The van der Waals surface area contributed by atoms with Crippen molar-refractivity contribution in [3.8, 4) is 11.5 Å². The van der Waals surface area contributed by atoms with E-state index in [2.05, 4.69) is 10.6 Å². The molecule has 4 nitrogen and oxygen atoms in total. The van der Waals surface area contributed by atoms with E-state index in [0.717, 1.165) is 28.3 Å². The van der Waals surface area contributed by atoms with Crippen LogP contribution in [-0.2, 0) is 6.54 Å². The molecule has 0 aliphatic carbocycles. The van der Waals surface area contributed by atoms with Crippen molar-refractivity contribution in [3.05, 3.63) is 52.5 Å². The minimum atomic E-state index is 0.276. The normalized spacial score (nSPS) is 12.1. The summed E-state index contributed by atoms with van der Waals surface area (Å²) >= 11 is 11.5. The fraction of sp³-hybridized carbons (Fsp3) is 0.188. The first kappa shape index (κ1) is 14.9. The van der Waals surface area contributed by atoms with Gasteiger partial charge in [-0.2, -0.15) is 0 Å². The molecular formula is C16H15ClN2O2S. The molecule has 0 saturated heterocycles. The quantitative estimate of drug-likeness (QED) is 0.834. The van der Waals surface area contributed by atoms with Gasteiger partial charge in [-0.15, -0.1) is 0 Å². The zero-order chi connectivity index (χ0) is 15.5. The van der Waals surface area contributed by atoms with Crippen LogP contribution in [0.15, 0.2) is 36.4 Å². The van der Waals surface area contributed by atoms with Crippen molar-refractivity contribution < 1.29 is 9.47 Å². The summed E-state index contributed by atoms with van der Waals surface area (Å²) < 4.78 is 10.6. The molecule has 22 heavy (non-hydrogen) atoms. The summed E-state index contributed by atoms with van der Waals surface area (Å²) in [4.78, 5) is 0. The molecule has 0 saturated carbocycles. The summed E-state index contributed by atoms with van der Waals surface area (Å²) in [5.41, 5.74) is 2.95. The van der Waals surface area contributed by atoms with Gasteiger partial charge in [0.15, 0.2) is 16.6 Å². The van der Waals surface area contributed by atoms with Crippen LogP contribution in [0.25, 0.3) is 0 Å². The number of thiocarbonyl (C=S) groups is 1. The highest BCUT2D eigenvalue weighted by Crippen LogP contribution is 2.32. The van der Waals surface area contributed by atoms with Gasteiger partial charge in [-0.05, 0) is 54.5 Å². The van der Waals surface area contributed by atoms with Crippen LogP contribution in [0.5, 0.6) is 11.5 Å². The van der Waals surface area contributed by atoms with E-state index in [1.165, 1.54) is 0 Å². The summed E-state index contributed by atoms with van der Waals surface area (Å²) in [6.07, 6.45) is 0. The number of anilines is 1. The first-order valence-corrected chi connectivity index (χ1v) is 7.60. The van der Waals surface area contributed by atoms with E-state index in [1.807, 2.05) is 43.3 Å². The van der Waals surface area contributed by atoms with E-state index in [1.54, 1.807) is 0 Å². The Kier molecular flexibility index (Phi) is 4.36. The summed E-state index contributed by atoms with van der Waals surface area (Å²) in [6, 6.07) is 11.6. The molecule has 3 rings (SSSR count). The molecule has 2 aromatic rings. The maximum atomic E-state index is 6.17. The minimum absolute atomic E-state index is 0.276. The number of halogens is 1. The third kappa shape index (κ3) is 3.43. The Morgan fingerprint density at radius 2 is 2.00 bits per heavy atom. The number of nitrogens with one attached hydrogen (secondary N) is 2. The number of hydrogen-bond acceptors (Lipinski definition) is 3. The number of benzene rings is 2. The number of rotatable bonds is 3. The molecular weight excluding hydrogens is 320 g/mol. The van der Waals surface area contributed by atoms with E-state index in [4.69, 9.17) is 33.3 Å². The van der Waals surface area contributed by atoms with Crippen LogP contribution in [0, 0.1) is 6.92 Å². The molecule has 0 fully saturated rings. The largest absolute Gasteiger partial charge is 0.454 e. The molecule has 0 bridgehead atoms. The van der Waals surface area contributed by atoms with Crippen molar-refractivity contribution >= 4 is 34.6 Å². The second kappa shape index (κ2) is 6.42. The van der Waals surface area contributed by atoms with Gasteiger partial charge in [0.2, 0.25) is 6.79 Å². The predicted molar refractivity (Wildman–Crippen MR) is 91.8 cm³/mol. The highest BCUT2D eigenvalue weighted by molar-refractivity contribution is 7.80. The lowest BCUT2D eigenvalue weighted by atomic mass is 10.2. The Balaban J connectivity index is 1.58. The zero-order valence-corrected chi connectivity index (χ0v) is 13.6. The van der Waals surface area contributed by atoms with E-state index in [0.29, 0.717) is 16.7 Å². The summed E-state index contributed by atoms with van der Waals surface area (Å²) in [5, 5.41) is 7.40. The fourth-order valence-electron chi connectivity index (χ4n) is 2.12. The van der Waals surface area contributed by atoms with E-state index >= 15 is 0 Å². The van der Waals surface area contributed by atoms with Gasteiger partial charge in [0.25, 0.3) is 0 Å². The average Bonchev–Trinajstić information content (AvgIpc) is 2.95. The molecule has 0 spiro atoms. The summed E-state index contributed by atoms with van der Waals surface area (Å²) in [7, 11) is 0. The first-order valence-electron chi connectivity index (χ1n) is 6.81. The van der Waals surface area contributed by atoms with Crippen molar-refractivity contribution in [2.45, 2.75) is 13.5 Å². The topological polar surface area (TPSA) is 42.5 Å². The Labute approximate surface area is 139 Å². The first-order chi connectivity index (χ1) is 10.6. The van der Waals surface area contributed by atoms with Crippen LogP contribution >= 0.6 is 23.8 Å². The Morgan fingerprint density at radius 1 is 1.18 bits per heavy atom. The van der Waals surface area contributed by atoms with Gasteiger partial charge in [0.05, 0.1) is 10.7 Å². The Hall–Kier alpha value is -1.98. The molecule has 1 aliphatic heterocycles. The molecule has 0 atom stereocenters. The smallest absolute Gasteiger partial charge is 0.231 e. The minimum Gasteiger partial charge on any atom is -0.454 e. The summed E-state index contributed by atoms with van der Waals surface area (Å²) in [5.74, 6) is 1.54. The van der Waals surface area contributed by atoms with Crippen molar-refractivity contribution in [3.63, 3.8) is 0 Å². The Bertz CT molecular complexity index is 721. The van der Waals surface area contributed by atoms with E-state index < -0.39 is 0 Å². The van der Waals surface area contributed by atoms with Gasteiger partial charge in [-0.3, -0.25) is 0 Å². The second-order valence-corrected chi connectivity index (χ2v) is 5.79. The molecule has 2 N–H and O–H groups in total. The standard InChI is InChI=1S/C16H15ClN2O2S/c1-10-2-4-13(12(17)6-10)19-16(22)18-8-11-3-5-14-15(7-11)21-9-20-14/h2-7H,8-9H2,1H3,(H2,18,19,22). The molecule has 0 unspecified atom stereocenters. The van der Waals surface area contributed by atoms with Crippen LogP contribution in [-0.4, -0.2) is 11.9 Å². The summed E-state index contributed by atoms with van der Waals surface area (Å²) in [6.45, 7) is 2.86. The number of fused-ring (bicyclic) bond motifs is 1. The van der Waals surface area contributed by atoms with Crippen LogP contribution in [0.2, 0.25) is 5.02 Å². The second-order valence-electron chi connectivity index (χ2n) is 4.98. The lowest BCUT2D eigenvalue weighted by molar-refractivity contribution is 0.174. The van der Waals surface area contributed by atoms with Crippen LogP contribution in [0.3, 0.4) is 0 Å². The molecule has 0 aromatic heterocycles. The lowest BCUT2D eigenvalue weighted by Gasteiger charge is -2.12. The molecule has 6 heteroatoms. The average molecular weight is 335 g/mol. The number of aryl methyl sites for hydroxylation is 1. The van der Waals surface area contributed by atoms with Crippen molar-refractivity contribution in [1.82, 2.24) is 5.32 Å². The highest BCUT2D eigenvalue weighted by atomic mass is 35.5. The van der Waals surface area contributed by atoms with Crippen LogP contribution in [0.1, 0.15) is 11.1 Å². The predicted octanol–water partition coefficient (Wildman–Crippen LogP) is 3.86. The zero-order valence-electron chi connectivity index (χ0n) is 12.0. The highest BCUT2D eigenvalue weighted by Gasteiger charge is 2.13. The van der Waals surface area contributed by atoms with Gasteiger partial charge in [0.1, 0.15) is 0 Å².